The van der Waals surface area contributed by atoms with Crippen LogP contribution in [0.1, 0.15) is 177 Å². The molecule has 4 heterocycles. The number of nitrogens with zero attached hydrogens (tertiary/aromatic N) is 6. The molecule has 3 aliphatic heterocycles. The molecule has 18 heteroatoms. The van der Waals surface area contributed by atoms with Crippen LogP contribution in [-0.2, 0) is 28.4 Å². The van der Waals surface area contributed by atoms with Crippen LogP contribution in [0.5, 0.6) is 0 Å². The standard InChI is InChI=1S/C38H67N7O10S/c1-11-15-21-38(20-14-4,22-16-12-2)44(23-17-13-3)54-56(49,50)55-45-28-18-19-29(42(26-28)34(45)47)31-40-41-32(51-31)30-24-27(39-33(46)52-36(5,6)7)25-43(30)35(48)53-37(8,9)10/h27-30H,11-26H2,1-10H3,(H,39,46)/t27-,28+,29+,30+/m1/s1. The quantitative estimate of drug-likeness (QED) is 0.134. The van der Waals surface area contributed by atoms with Gasteiger partial charge in [-0.05, 0) is 86.5 Å². The van der Waals surface area contributed by atoms with E-state index in [9.17, 15) is 22.8 Å². The fraction of sp³-hybridized carbons (Fsp3) is 0.868. The minimum absolute atomic E-state index is 0.113. The summed E-state index contributed by atoms with van der Waals surface area (Å²) in [7, 11) is -4.69. The van der Waals surface area contributed by atoms with E-state index in [1.807, 2.05) is 0 Å². The highest BCUT2D eigenvalue weighted by Gasteiger charge is 2.51. The van der Waals surface area contributed by atoms with Crippen LogP contribution in [0.3, 0.4) is 0 Å². The maximum atomic E-state index is 13.9. The lowest BCUT2D eigenvalue weighted by Crippen LogP contribution is -2.51. The van der Waals surface area contributed by atoms with Crippen LogP contribution in [0.15, 0.2) is 4.42 Å². The van der Waals surface area contributed by atoms with Crippen molar-refractivity contribution < 1.29 is 45.3 Å². The average Bonchev–Trinajstić information content (AvgIpc) is 3.81. The molecule has 0 aliphatic carbocycles. The topological polar surface area (TPSA) is 186 Å². The number of piperidine rings is 1. The number of nitrogens with one attached hydrogen (secondary N) is 1. The number of likely N-dealkylation sites (tertiary alicyclic amines) is 1. The molecule has 320 valence electrons. The molecule has 4 atom stereocenters. The molecule has 1 aromatic rings. The first-order valence-electron chi connectivity index (χ1n) is 20.6. The summed E-state index contributed by atoms with van der Waals surface area (Å²) in [5.74, 6) is 0.258. The van der Waals surface area contributed by atoms with E-state index in [-0.39, 0.29) is 31.3 Å². The number of amides is 4. The van der Waals surface area contributed by atoms with Gasteiger partial charge in [-0.3, -0.25) is 4.90 Å². The van der Waals surface area contributed by atoms with E-state index in [4.69, 9.17) is 22.5 Å². The molecular weight excluding hydrogens is 747 g/mol. The Kier molecular flexibility index (Phi) is 15.4. The van der Waals surface area contributed by atoms with Gasteiger partial charge in [0, 0.05) is 25.2 Å². The second kappa shape index (κ2) is 19.0. The molecule has 4 amide bonds. The van der Waals surface area contributed by atoms with E-state index in [0.29, 0.717) is 19.4 Å². The summed E-state index contributed by atoms with van der Waals surface area (Å²) >= 11 is 0. The summed E-state index contributed by atoms with van der Waals surface area (Å²) in [5.41, 5.74) is -1.97. The van der Waals surface area contributed by atoms with E-state index >= 15 is 0 Å². The van der Waals surface area contributed by atoms with Crippen LogP contribution in [0.25, 0.3) is 0 Å². The first kappa shape index (κ1) is 45.5. The van der Waals surface area contributed by atoms with Gasteiger partial charge in [-0.2, -0.15) is 22.8 Å². The van der Waals surface area contributed by atoms with Crippen molar-refractivity contribution >= 4 is 28.6 Å². The summed E-state index contributed by atoms with van der Waals surface area (Å²) in [6.07, 6.45) is 8.45. The van der Waals surface area contributed by atoms with Crippen LogP contribution in [0.2, 0.25) is 0 Å². The third kappa shape index (κ3) is 11.9. The summed E-state index contributed by atoms with van der Waals surface area (Å²) in [6.45, 7) is 19.7. The third-order valence-corrected chi connectivity index (χ3v) is 11.0. The number of alkyl carbamates (subject to hydrolysis) is 1. The molecule has 17 nitrogen and oxygen atoms in total. The number of carbonyl (C=O) groups is 3. The second-order valence-electron chi connectivity index (χ2n) is 17.4. The van der Waals surface area contributed by atoms with Gasteiger partial charge in [-0.25, -0.2) is 14.4 Å². The van der Waals surface area contributed by atoms with Gasteiger partial charge in [0.2, 0.25) is 11.8 Å². The predicted octanol–water partition coefficient (Wildman–Crippen LogP) is 7.72. The zero-order valence-electron chi connectivity index (χ0n) is 35.3. The predicted molar refractivity (Wildman–Crippen MR) is 207 cm³/mol. The minimum atomic E-state index is -4.69. The van der Waals surface area contributed by atoms with Gasteiger partial charge >= 0.3 is 28.6 Å². The molecule has 1 aromatic heterocycles. The van der Waals surface area contributed by atoms with E-state index in [2.05, 4.69) is 43.2 Å². The molecule has 3 saturated heterocycles. The van der Waals surface area contributed by atoms with E-state index in [0.717, 1.165) is 69.3 Å². The zero-order chi connectivity index (χ0) is 41.5. The molecule has 56 heavy (non-hydrogen) atoms. The molecule has 3 fully saturated rings. The van der Waals surface area contributed by atoms with Crippen LogP contribution in [0, 0.1) is 0 Å². The Labute approximate surface area is 333 Å². The average molecular weight is 814 g/mol. The highest BCUT2D eigenvalue weighted by atomic mass is 32.3. The monoisotopic (exact) mass is 813 g/mol. The first-order valence-corrected chi connectivity index (χ1v) is 21.9. The van der Waals surface area contributed by atoms with Crippen molar-refractivity contribution in [3.8, 4) is 0 Å². The largest absolute Gasteiger partial charge is 0.444 e. The maximum Gasteiger partial charge on any atom is 0.437 e. The molecule has 0 unspecified atom stereocenters. The van der Waals surface area contributed by atoms with Crippen molar-refractivity contribution in [3.63, 3.8) is 0 Å². The number of carbonyl (C=O) groups excluding carboxylic acids is 3. The van der Waals surface area contributed by atoms with Crippen molar-refractivity contribution in [2.24, 2.45) is 0 Å². The van der Waals surface area contributed by atoms with Gasteiger partial charge in [-0.1, -0.05) is 66.2 Å². The van der Waals surface area contributed by atoms with E-state index in [1.165, 1.54) is 9.80 Å². The Balaban J connectivity index is 1.51. The number of aromatic nitrogens is 2. The molecular formula is C38H67N7O10S. The van der Waals surface area contributed by atoms with Crippen LogP contribution < -0.4 is 5.32 Å². The van der Waals surface area contributed by atoms with Crippen molar-refractivity contribution in [2.75, 3.05) is 19.6 Å². The Morgan fingerprint density at radius 3 is 2.02 bits per heavy atom. The number of hydroxylamine groups is 4. The Hall–Kier alpha value is -3.22. The van der Waals surface area contributed by atoms with E-state index in [1.54, 1.807) is 46.6 Å². The molecule has 0 radical (unpaired) electrons. The molecule has 2 bridgehead atoms. The van der Waals surface area contributed by atoms with Crippen LogP contribution >= 0.6 is 0 Å². The Bertz CT molecular complexity index is 1570. The van der Waals surface area contributed by atoms with Crippen molar-refractivity contribution in [1.82, 2.24) is 35.4 Å². The van der Waals surface area contributed by atoms with Gasteiger partial charge in [-0.15, -0.1) is 14.5 Å². The normalized spacial score (nSPS) is 22.0. The van der Waals surface area contributed by atoms with Crippen LogP contribution in [-0.4, -0.2) is 105 Å². The Morgan fingerprint density at radius 1 is 0.839 bits per heavy atom. The van der Waals surface area contributed by atoms with Crippen molar-refractivity contribution in [1.29, 1.82) is 0 Å². The number of hydrogen-bond donors (Lipinski definition) is 1. The lowest BCUT2D eigenvalue weighted by Gasteiger charge is -2.43. The zero-order valence-corrected chi connectivity index (χ0v) is 36.1. The van der Waals surface area contributed by atoms with Gasteiger partial charge in [0.05, 0.1) is 12.1 Å². The highest BCUT2D eigenvalue weighted by molar-refractivity contribution is 7.81. The number of fused-ring (bicyclic) bond motifs is 2. The molecule has 3 aliphatic rings. The van der Waals surface area contributed by atoms with Crippen molar-refractivity contribution in [3.05, 3.63) is 11.8 Å². The molecule has 1 N–H and O–H groups in total. The molecule has 0 aromatic carbocycles. The SMILES string of the molecule is CCCCN(OS(=O)(=O)ON1C(=O)N2C[C@@H]1CC[C@H]2c1nnc([C@@H]2C[C@@H](NC(=O)OC(C)(C)C)CN2C(=O)OC(C)(C)C)o1)C(CCC)(CCCC)CCCC. The lowest BCUT2D eigenvalue weighted by molar-refractivity contribution is -0.172. The summed E-state index contributed by atoms with van der Waals surface area (Å²) in [6, 6.07) is -3.08. The molecule has 0 saturated carbocycles. The fourth-order valence-electron chi connectivity index (χ4n) is 7.78. The van der Waals surface area contributed by atoms with Gasteiger partial charge < -0.3 is 24.1 Å². The van der Waals surface area contributed by atoms with Gasteiger partial charge in [0.15, 0.2) is 0 Å². The lowest BCUT2D eigenvalue weighted by atomic mass is 9.82. The maximum absolute atomic E-state index is 13.9. The third-order valence-electron chi connectivity index (χ3n) is 10.3. The van der Waals surface area contributed by atoms with Crippen molar-refractivity contribution in [2.45, 2.75) is 194 Å². The number of unbranched alkanes of at least 4 members (excludes halogenated alkanes) is 3. The first-order chi connectivity index (χ1) is 26.2. The number of hydrogen-bond acceptors (Lipinski definition) is 13. The summed E-state index contributed by atoms with van der Waals surface area (Å²) in [4.78, 5) is 42.7. The smallest absolute Gasteiger partial charge is 0.437 e. The highest BCUT2D eigenvalue weighted by Crippen LogP contribution is 2.41. The van der Waals surface area contributed by atoms with Gasteiger partial charge in [0.1, 0.15) is 23.3 Å². The summed E-state index contributed by atoms with van der Waals surface area (Å²) < 4.78 is 56.1. The minimum Gasteiger partial charge on any atom is -0.444 e. The van der Waals surface area contributed by atoms with E-state index < -0.39 is 69.5 Å². The fourth-order valence-corrected chi connectivity index (χ4v) is 8.64. The molecule has 4 rings (SSSR count). The number of urea groups is 1. The Morgan fingerprint density at radius 2 is 1.45 bits per heavy atom. The van der Waals surface area contributed by atoms with Gasteiger partial charge in [0.25, 0.3) is 0 Å². The number of ether oxygens (including phenoxy) is 2. The van der Waals surface area contributed by atoms with Crippen LogP contribution in [0.4, 0.5) is 14.4 Å². The summed E-state index contributed by atoms with van der Waals surface area (Å²) in [5, 5.41) is 13.9. The second-order valence-corrected chi connectivity index (χ2v) is 18.5. The molecule has 0 spiro atoms. The number of rotatable bonds is 19.